The van der Waals surface area contributed by atoms with Crippen molar-refractivity contribution in [3.63, 3.8) is 0 Å². The van der Waals surface area contributed by atoms with Crippen LogP contribution in [0.2, 0.25) is 0 Å². The van der Waals surface area contributed by atoms with E-state index >= 15 is 0 Å². The predicted octanol–water partition coefficient (Wildman–Crippen LogP) is 1.51. The normalized spacial score (nSPS) is 11.9. The molecule has 0 aliphatic heterocycles. The second-order valence-corrected chi connectivity index (χ2v) is 4.10. The molecule has 0 atom stereocenters. The highest BCUT2D eigenvalue weighted by Crippen LogP contribution is 2.23. The van der Waals surface area contributed by atoms with Crippen molar-refractivity contribution >= 4 is 5.91 Å². The van der Waals surface area contributed by atoms with Crippen molar-refractivity contribution < 1.29 is 18.7 Å². The molecule has 5 heteroatoms. The zero-order valence-electron chi connectivity index (χ0n) is 9.46. The van der Waals surface area contributed by atoms with Gasteiger partial charge in [-0.25, -0.2) is 8.78 Å². The zero-order valence-corrected chi connectivity index (χ0v) is 9.46. The fraction of sp³-hybridized carbons (Fsp3) is 0.900. The van der Waals surface area contributed by atoms with Crippen molar-refractivity contribution in [1.82, 2.24) is 4.90 Å². The Morgan fingerprint density at radius 3 is 2.33 bits per heavy atom. The highest BCUT2D eigenvalue weighted by atomic mass is 19.3. The summed E-state index contributed by atoms with van der Waals surface area (Å²) in [4.78, 5) is 12.8. The highest BCUT2D eigenvalue weighted by molar-refractivity contribution is 5.81. The molecule has 0 rings (SSSR count). The van der Waals surface area contributed by atoms with Gasteiger partial charge in [-0.15, -0.1) is 0 Å². The number of amides is 1. The molecule has 1 N–H and O–H groups in total. The maximum Gasteiger partial charge on any atom is 0.255 e. The lowest BCUT2D eigenvalue weighted by atomic mass is 9.88. The summed E-state index contributed by atoms with van der Waals surface area (Å²) < 4.78 is 24.4. The summed E-state index contributed by atoms with van der Waals surface area (Å²) in [5, 5.41) is 8.70. The summed E-state index contributed by atoms with van der Waals surface area (Å²) in [5.41, 5.74) is -0.649. The molecule has 0 saturated heterocycles. The van der Waals surface area contributed by atoms with Gasteiger partial charge in [0.1, 0.15) is 0 Å². The average Bonchev–Trinajstić information content (AvgIpc) is 2.15. The molecule has 0 bridgehead atoms. The number of hydrogen-bond donors (Lipinski definition) is 1. The fourth-order valence-corrected chi connectivity index (χ4v) is 1.14. The van der Waals surface area contributed by atoms with Crippen molar-refractivity contribution in [3.8, 4) is 0 Å². The molecular formula is C10H19F2NO2. The molecular weight excluding hydrogens is 204 g/mol. The van der Waals surface area contributed by atoms with E-state index in [9.17, 15) is 13.6 Å². The van der Waals surface area contributed by atoms with Crippen LogP contribution in [0.25, 0.3) is 0 Å². The van der Waals surface area contributed by atoms with E-state index in [0.717, 1.165) is 4.90 Å². The fourth-order valence-electron chi connectivity index (χ4n) is 1.14. The molecule has 1 amide bonds. The first kappa shape index (κ1) is 14.3. The number of hydrogen-bond acceptors (Lipinski definition) is 2. The Bertz CT molecular complexity index is 208. The second kappa shape index (κ2) is 6.00. The van der Waals surface area contributed by atoms with Gasteiger partial charge in [0.05, 0.1) is 13.2 Å². The molecule has 3 nitrogen and oxygen atoms in total. The van der Waals surface area contributed by atoms with Gasteiger partial charge in [0.2, 0.25) is 5.91 Å². The summed E-state index contributed by atoms with van der Waals surface area (Å²) in [6.07, 6.45) is -1.98. The zero-order chi connectivity index (χ0) is 12.1. The molecule has 90 valence electrons. The van der Waals surface area contributed by atoms with Crippen molar-refractivity contribution in [1.29, 1.82) is 0 Å². The maximum atomic E-state index is 12.2. The number of carbonyl (C=O) groups excluding carboxylic acids is 1. The third-order valence-corrected chi connectivity index (χ3v) is 2.48. The molecule has 0 heterocycles. The van der Waals surface area contributed by atoms with Crippen molar-refractivity contribution in [2.75, 3.05) is 19.7 Å². The quantitative estimate of drug-likeness (QED) is 0.741. The van der Waals surface area contributed by atoms with Gasteiger partial charge in [-0.1, -0.05) is 20.8 Å². The SMILES string of the molecule is CCC(C)(C)C(=O)N(CCO)CC(F)F. The number of alkyl halides is 2. The Labute approximate surface area is 89.1 Å². The maximum absolute atomic E-state index is 12.2. The summed E-state index contributed by atoms with van der Waals surface area (Å²) in [6, 6.07) is 0. The van der Waals surface area contributed by atoms with Crippen LogP contribution in [0.3, 0.4) is 0 Å². The number of aliphatic hydroxyl groups is 1. The van der Waals surface area contributed by atoms with Crippen LogP contribution < -0.4 is 0 Å². The van der Waals surface area contributed by atoms with Crippen molar-refractivity contribution in [2.24, 2.45) is 5.41 Å². The van der Waals surface area contributed by atoms with Gasteiger partial charge in [-0.05, 0) is 6.42 Å². The lowest BCUT2D eigenvalue weighted by molar-refractivity contribution is -0.143. The number of rotatable bonds is 6. The summed E-state index contributed by atoms with van der Waals surface area (Å²) in [7, 11) is 0. The topological polar surface area (TPSA) is 40.5 Å². The first-order chi connectivity index (χ1) is 6.85. The average molecular weight is 223 g/mol. The molecule has 0 aromatic rings. The van der Waals surface area contributed by atoms with Crippen LogP contribution in [0.4, 0.5) is 8.78 Å². The molecule has 0 aliphatic rings. The summed E-state index contributed by atoms with van der Waals surface area (Å²) in [6.45, 7) is 4.32. The van der Waals surface area contributed by atoms with E-state index in [4.69, 9.17) is 5.11 Å². The Balaban J connectivity index is 4.54. The molecule has 0 radical (unpaired) electrons. The van der Waals surface area contributed by atoms with E-state index in [-0.39, 0.29) is 19.1 Å². The third kappa shape index (κ3) is 4.55. The lowest BCUT2D eigenvalue weighted by Crippen LogP contribution is -2.44. The van der Waals surface area contributed by atoms with E-state index < -0.39 is 18.4 Å². The second-order valence-electron chi connectivity index (χ2n) is 4.10. The number of nitrogens with zero attached hydrogens (tertiary/aromatic N) is 1. The number of halogens is 2. The molecule has 0 unspecified atom stereocenters. The molecule has 0 aliphatic carbocycles. The molecule has 0 fully saturated rings. The first-order valence-electron chi connectivity index (χ1n) is 5.03. The minimum absolute atomic E-state index is 0.0351. The Hall–Kier alpha value is -0.710. The van der Waals surface area contributed by atoms with Crippen LogP contribution in [0.5, 0.6) is 0 Å². The van der Waals surface area contributed by atoms with E-state index in [2.05, 4.69) is 0 Å². The minimum atomic E-state index is -2.56. The van der Waals surface area contributed by atoms with E-state index in [1.807, 2.05) is 6.92 Å². The number of aliphatic hydroxyl groups excluding tert-OH is 1. The van der Waals surface area contributed by atoms with Gasteiger partial charge in [0.25, 0.3) is 6.43 Å². The molecule has 15 heavy (non-hydrogen) atoms. The van der Waals surface area contributed by atoms with Crippen LogP contribution in [0, 0.1) is 5.41 Å². The van der Waals surface area contributed by atoms with Gasteiger partial charge in [-0.3, -0.25) is 4.79 Å². The number of carbonyl (C=O) groups is 1. The monoisotopic (exact) mass is 223 g/mol. The lowest BCUT2D eigenvalue weighted by Gasteiger charge is -2.30. The molecule has 0 saturated carbocycles. The van der Waals surface area contributed by atoms with Gasteiger partial charge >= 0.3 is 0 Å². The van der Waals surface area contributed by atoms with Crippen LogP contribution in [-0.4, -0.2) is 42.0 Å². The van der Waals surface area contributed by atoms with Crippen LogP contribution in [0.1, 0.15) is 27.2 Å². The van der Waals surface area contributed by atoms with Gasteiger partial charge in [0.15, 0.2) is 0 Å². The van der Waals surface area contributed by atoms with Gasteiger partial charge in [-0.2, -0.15) is 0 Å². The van der Waals surface area contributed by atoms with Crippen LogP contribution >= 0.6 is 0 Å². The minimum Gasteiger partial charge on any atom is -0.395 e. The summed E-state index contributed by atoms with van der Waals surface area (Å²) in [5.74, 6) is -0.334. The molecule has 0 aromatic carbocycles. The standard InChI is InChI=1S/C10H19F2NO2/c1-4-10(2,3)9(15)13(5-6-14)7-8(11)12/h8,14H,4-7H2,1-3H3. The third-order valence-electron chi connectivity index (χ3n) is 2.48. The van der Waals surface area contributed by atoms with E-state index in [1.54, 1.807) is 13.8 Å². The smallest absolute Gasteiger partial charge is 0.255 e. The Morgan fingerprint density at radius 2 is 2.00 bits per heavy atom. The van der Waals surface area contributed by atoms with E-state index in [1.165, 1.54) is 0 Å². The largest absolute Gasteiger partial charge is 0.395 e. The van der Waals surface area contributed by atoms with Gasteiger partial charge < -0.3 is 10.0 Å². The van der Waals surface area contributed by atoms with Crippen LogP contribution in [-0.2, 0) is 4.79 Å². The Kier molecular flexibility index (Phi) is 5.72. The summed E-state index contributed by atoms with van der Waals surface area (Å²) >= 11 is 0. The van der Waals surface area contributed by atoms with E-state index in [0.29, 0.717) is 6.42 Å². The first-order valence-corrected chi connectivity index (χ1v) is 5.03. The molecule has 0 aromatic heterocycles. The van der Waals surface area contributed by atoms with Crippen molar-refractivity contribution in [2.45, 2.75) is 33.6 Å². The Morgan fingerprint density at radius 1 is 1.47 bits per heavy atom. The van der Waals surface area contributed by atoms with Crippen LogP contribution in [0.15, 0.2) is 0 Å². The predicted molar refractivity (Wildman–Crippen MR) is 53.7 cm³/mol. The molecule has 0 spiro atoms. The van der Waals surface area contributed by atoms with Crippen molar-refractivity contribution in [3.05, 3.63) is 0 Å². The van der Waals surface area contributed by atoms with Gasteiger partial charge in [0, 0.05) is 12.0 Å². The highest BCUT2D eigenvalue weighted by Gasteiger charge is 2.31.